The fourth-order valence-electron chi connectivity index (χ4n) is 2.52. The zero-order valence-corrected chi connectivity index (χ0v) is 11.1. The van der Waals surface area contributed by atoms with Gasteiger partial charge in [-0.2, -0.15) is 0 Å². The summed E-state index contributed by atoms with van der Waals surface area (Å²) < 4.78 is 0. The molecule has 0 unspecified atom stereocenters. The summed E-state index contributed by atoms with van der Waals surface area (Å²) in [6.07, 6.45) is 6.53. The molecule has 0 aromatic heterocycles. The number of thiocarbonyl (C=S) groups is 1. The first-order chi connectivity index (χ1) is 8.18. The Kier molecular flexibility index (Phi) is 4.00. The van der Waals surface area contributed by atoms with E-state index in [1.165, 1.54) is 37.7 Å². The van der Waals surface area contributed by atoms with Gasteiger partial charge in [0.15, 0.2) is 0 Å². The molecule has 2 rings (SSSR count). The highest BCUT2D eigenvalue weighted by atomic mass is 32.1. The van der Waals surface area contributed by atoms with Crippen LogP contribution < -0.4 is 11.1 Å². The molecule has 1 aliphatic carbocycles. The maximum atomic E-state index is 5.78. The molecule has 92 valence electrons. The van der Waals surface area contributed by atoms with E-state index in [0.29, 0.717) is 11.0 Å². The van der Waals surface area contributed by atoms with Gasteiger partial charge in [0.25, 0.3) is 0 Å². The van der Waals surface area contributed by atoms with Gasteiger partial charge in [-0.25, -0.2) is 0 Å². The molecular formula is C14H20N2S. The highest BCUT2D eigenvalue weighted by molar-refractivity contribution is 7.80. The number of hydrogen-bond donors (Lipinski definition) is 2. The van der Waals surface area contributed by atoms with Gasteiger partial charge in [0.1, 0.15) is 4.99 Å². The summed E-state index contributed by atoms with van der Waals surface area (Å²) >= 11 is 5.11. The monoisotopic (exact) mass is 248 g/mol. The van der Waals surface area contributed by atoms with E-state index in [2.05, 4.69) is 18.3 Å². The van der Waals surface area contributed by atoms with E-state index in [0.717, 1.165) is 11.3 Å². The number of anilines is 1. The molecule has 0 heterocycles. The zero-order valence-electron chi connectivity index (χ0n) is 10.3. The van der Waals surface area contributed by atoms with Crippen molar-refractivity contribution in [1.82, 2.24) is 0 Å². The fourth-order valence-corrected chi connectivity index (χ4v) is 2.69. The number of para-hydroxylation sites is 1. The highest BCUT2D eigenvalue weighted by Gasteiger charge is 2.16. The Bertz CT molecular complexity index is 409. The van der Waals surface area contributed by atoms with Gasteiger partial charge in [0.05, 0.1) is 0 Å². The van der Waals surface area contributed by atoms with Crippen LogP contribution >= 0.6 is 12.2 Å². The number of nitrogens with one attached hydrogen (secondary N) is 1. The molecule has 1 aromatic carbocycles. The summed E-state index contributed by atoms with van der Waals surface area (Å²) in [5.74, 6) is 0. The first kappa shape index (κ1) is 12.4. The maximum absolute atomic E-state index is 5.78. The summed E-state index contributed by atoms with van der Waals surface area (Å²) in [7, 11) is 0. The quantitative estimate of drug-likeness (QED) is 0.805. The van der Waals surface area contributed by atoms with Crippen molar-refractivity contribution in [2.75, 3.05) is 5.32 Å². The van der Waals surface area contributed by atoms with Gasteiger partial charge >= 0.3 is 0 Å². The van der Waals surface area contributed by atoms with E-state index in [-0.39, 0.29) is 0 Å². The molecule has 3 N–H and O–H groups in total. The number of hydrogen-bond acceptors (Lipinski definition) is 2. The lowest BCUT2D eigenvalue weighted by Crippen LogP contribution is -2.25. The fraction of sp³-hybridized carbons (Fsp3) is 0.500. The number of benzene rings is 1. The molecule has 0 atom stereocenters. The van der Waals surface area contributed by atoms with Gasteiger partial charge in [-0.05, 0) is 31.4 Å². The van der Waals surface area contributed by atoms with Crippen molar-refractivity contribution in [2.24, 2.45) is 5.73 Å². The molecule has 0 amide bonds. The Morgan fingerprint density at radius 2 is 2.00 bits per heavy atom. The van der Waals surface area contributed by atoms with Crippen molar-refractivity contribution in [3.63, 3.8) is 0 Å². The first-order valence-corrected chi connectivity index (χ1v) is 6.75. The summed E-state index contributed by atoms with van der Waals surface area (Å²) in [5.41, 5.74) is 9.11. The number of rotatable bonds is 3. The van der Waals surface area contributed by atoms with Crippen LogP contribution in [0.25, 0.3) is 0 Å². The van der Waals surface area contributed by atoms with Gasteiger partial charge in [0.2, 0.25) is 0 Å². The molecule has 1 aromatic rings. The minimum absolute atomic E-state index is 0.479. The van der Waals surface area contributed by atoms with E-state index in [1.807, 2.05) is 12.1 Å². The zero-order chi connectivity index (χ0) is 12.3. The molecule has 1 saturated carbocycles. The molecular weight excluding hydrogens is 228 g/mol. The Morgan fingerprint density at radius 1 is 1.29 bits per heavy atom. The predicted molar refractivity (Wildman–Crippen MR) is 77.6 cm³/mol. The first-order valence-electron chi connectivity index (χ1n) is 6.34. The minimum Gasteiger partial charge on any atom is -0.389 e. The van der Waals surface area contributed by atoms with E-state index in [9.17, 15) is 0 Å². The van der Waals surface area contributed by atoms with Crippen molar-refractivity contribution >= 4 is 22.9 Å². The molecule has 17 heavy (non-hydrogen) atoms. The molecule has 0 saturated heterocycles. The molecule has 2 nitrogen and oxygen atoms in total. The third-order valence-corrected chi connectivity index (χ3v) is 3.71. The molecule has 0 bridgehead atoms. The SMILES string of the molecule is Cc1cccc(C(N)=S)c1NC1CCCCC1. The van der Waals surface area contributed by atoms with Crippen molar-refractivity contribution in [3.8, 4) is 0 Å². The van der Waals surface area contributed by atoms with Gasteiger partial charge < -0.3 is 11.1 Å². The van der Waals surface area contributed by atoms with Gasteiger partial charge in [-0.3, -0.25) is 0 Å². The lowest BCUT2D eigenvalue weighted by molar-refractivity contribution is 0.462. The molecule has 1 aliphatic rings. The second-order valence-electron chi connectivity index (χ2n) is 4.84. The van der Waals surface area contributed by atoms with Crippen LogP contribution in [0.3, 0.4) is 0 Å². The summed E-state index contributed by atoms with van der Waals surface area (Å²) in [6, 6.07) is 6.70. The maximum Gasteiger partial charge on any atom is 0.106 e. The normalized spacial score (nSPS) is 16.8. The molecule has 3 heteroatoms. The smallest absolute Gasteiger partial charge is 0.106 e. The van der Waals surface area contributed by atoms with Crippen LogP contribution in [0.15, 0.2) is 18.2 Å². The Hall–Kier alpha value is -1.09. The van der Waals surface area contributed by atoms with Crippen molar-refractivity contribution in [3.05, 3.63) is 29.3 Å². The lowest BCUT2D eigenvalue weighted by Gasteiger charge is -2.26. The van der Waals surface area contributed by atoms with E-state index in [1.54, 1.807) is 0 Å². The number of aryl methyl sites for hydroxylation is 1. The van der Waals surface area contributed by atoms with Crippen LogP contribution in [0.1, 0.15) is 43.2 Å². The highest BCUT2D eigenvalue weighted by Crippen LogP contribution is 2.26. The van der Waals surface area contributed by atoms with Crippen LogP contribution in [-0.4, -0.2) is 11.0 Å². The average molecular weight is 248 g/mol. The van der Waals surface area contributed by atoms with Crippen molar-refractivity contribution in [2.45, 2.75) is 45.1 Å². The van der Waals surface area contributed by atoms with Crippen LogP contribution in [0.2, 0.25) is 0 Å². The molecule has 0 radical (unpaired) electrons. The minimum atomic E-state index is 0.479. The summed E-state index contributed by atoms with van der Waals surface area (Å²) in [6.45, 7) is 2.10. The van der Waals surface area contributed by atoms with Crippen LogP contribution in [0, 0.1) is 6.92 Å². The molecule has 1 fully saturated rings. The van der Waals surface area contributed by atoms with E-state index in [4.69, 9.17) is 18.0 Å². The third kappa shape index (κ3) is 2.97. The van der Waals surface area contributed by atoms with E-state index < -0.39 is 0 Å². The van der Waals surface area contributed by atoms with Crippen molar-refractivity contribution in [1.29, 1.82) is 0 Å². The second-order valence-corrected chi connectivity index (χ2v) is 5.28. The average Bonchev–Trinajstić information content (AvgIpc) is 2.33. The van der Waals surface area contributed by atoms with E-state index >= 15 is 0 Å². The van der Waals surface area contributed by atoms with Gasteiger partial charge in [-0.15, -0.1) is 0 Å². The number of nitrogens with two attached hydrogens (primary N) is 1. The Balaban J connectivity index is 2.21. The van der Waals surface area contributed by atoms with Crippen molar-refractivity contribution < 1.29 is 0 Å². The van der Waals surface area contributed by atoms with Crippen LogP contribution in [0.4, 0.5) is 5.69 Å². The molecule has 0 aliphatic heterocycles. The largest absolute Gasteiger partial charge is 0.389 e. The van der Waals surface area contributed by atoms with Gasteiger partial charge in [-0.1, -0.05) is 43.6 Å². The van der Waals surface area contributed by atoms with Crippen LogP contribution in [0.5, 0.6) is 0 Å². The Morgan fingerprint density at radius 3 is 2.65 bits per heavy atom. The Labute approximate surface area is 109 Å². The van der Waals surface area contributed by atoms with Gasteiger partial charge in [0, 0.05) is 17.3 Å². The predicted octanol–water partition coefficient (Wildman–Crippen LogP) is 3.37. The van der Waals surface area contributed by atoms with Crippen LogP contribution in [-0.2, 0) is 0 Å². The molecule has 0 spiro atoms. The third-order valence-electron chi connectivity index (χ3n) is 3.49. The standard InChI is InChI=1S/C14H20N2S/c1-10-6-5-9-12(14(15)17)13(10)16-11-7-3-2-4-8-11/h5-6,9,11,16H,2-4,7-8H2,1H3,(H2,15,17). The second kappa shape index (κ2) is 5.50. The lowest BCUT2D eigenvalue weighted by atomic mass is 9.94. The summed E-state index contributed by atoms with van der Waals surface area (Å²) in [4.78, 5) is 0.479. The topological polar surface area (TPSA) is 38.0 Å². The summed E-state index contributed by atoms with van der Waals surface area (Å²) in [5, 5.41) is 3.63.